The van der Waals surface area contributed by atoms with E-state index < -0.39 is 17.1 Å². The van der Waals surface area contributed by atoms with Crippen molar-refractivity contribution in [2.24, 2.45) is 5.10 Å². The highest BCUT2D eigenvalue weighted by molar-refractivity contribution is 5.82. The van der Waals surface area contributed by atoms with Gasteiger partial charge in [-0.3, -0.25) is 14.8 Å². The third kappa shape index (κ3) is 3.70. The fourth-order valence-corrected chi connectivity index (χ4v) is 2.71. The van der Waals surface area contributed by atoms with Gasteiger partial charge < -0.3 is 9.84 Å². The van der Waals surface area contributed by atoms with Gasteiger partial charge in [-0.1, -0.05) is 26.0 Å². The molecule has 1 fully saturated rings. The second-order valence-corrected chi connectivity index (χ2v) is 6.39. The molecule has 26 heavy (non-hydrogen) atoms. The number of nitrogens with one attached hydrogen (secondary N) is 1. The van der Waals surface area contributed by atoms with E-state index in [9.17, 15) is 14.7 Å². The van der Waals surface area contributed by atoms with E-state index in [0.717, 1.165) is 10.1 Å². The van der Waals surface area contributed by atoms with Gasteiger partial charge in [0, 0.05) is 0 Å². The third-order valence-electron chi connectivity index (χ3n) is 4.28. The number of hydrogen-bond donors (Lipinski definition) is 2. The zero-order chi connectivity index (χ0) is 18.7. The third-order valence-corrected chi connectivity index (χ3v) is 4.28. The van der Waals surface area contributed by atoms with Crippen LogP contribution in [0.5, 0.6) is 5.88 Å². The molecule has 1 aliphatic rings. The van der Waals surface area contributed by atoms with E-state index in [1.165, 1.54) is 6.21 Å². The molecule has 0 amide bonds. The van der Waals surface area contributed by atoms with Crippen molar-refractivity contribution < 1.29 is 9.84 Å². The molecule has 0 atom stereocenters. The minimum Gasteiger partial charge on any atom is -0.493 e. The summed E-state index contributed by atoms with van der Waals surface area (Å²) >= 11 is 0. The lowest BCUT2D eigenvalue weighted by Gasteiger charge is -2.23. The molecule has 1 aromatic heterocycles. The molecule has 1 aromatic carbocycles. The predicted molar refractivity (Wildman–Crippen MR) is 98.4 cm³/mol. The molecule has 0 aliphatic carbocycles. The molecule has 0 bridgehead atoms. The fraction of sp³-hybridized carbons (Fsp3) is 0.389. The first-order valence-electron chi connectivity index (χ1n) is 8.52. The number of ether oxygens (including phenoxy) is 1. The number of aromatic amines is 1. The normalized spacial score (nSPS) is 15.1. The van der Waals surface area contributed by atoms with Gasteiger partial charge in [-0.15, -0.1) is 0 Å². The van der Waals surface area contributed by atoms with Crippen LogP contribution in [-0.2, 0) is 4.74 Å². The maximum atomic E-state index is 12.2. The molecular weight excluding hydrogens is 336 g/mol. The summed E-state index contributed by atoms with van der Waals surface area (Å²) in [5.74, 6) is -0.0887. The smallest absolute Gasteiger partial charge is 0.335 e. The molecule has 8 heteroatoms. The van der Waals surface area contributed by atoms with Crippen LogP contribution in [0, 0.1) is 0 Å². The fourth-order valence-electron chi connectivity index (χ4n) is 2.71. The largest absolute Gasteiger partial charge is 0.493 e. The average Bonchev–Trinajstić information content (AvgIpc) is 2.62. The van der Waals surface area contributed by atoms with Gasteiger partial charge in [-0.05, 0) is 23.6 Å². The Kier molecular flexibility index (Phi) is 5.22. The lowest BCUT2D eigenvalue weighted by atomic mass is 10.0. The zero-order valence-corrected chi connectivity index (χ0v) is 14.8. The molecule has 0 radical (unpaired) electrons. The Morgan fingerprint density at radius 3 is 2.46 bits per heavy atom. The van der Waals surface area contributed by atoms with E-state index in [4.69, 9.17) is 4.74 Å². The molecule has 2 N–H and O–H groups in total. The Morgan fingerprint density at radius 1 is 1.19 bits per heavy atom. The molecule has 138 valence electrons. The lowest BCUT2D eigenvalue weighted by molar-refractivity contribution is 0.0396. The van der Waals surface area contributed by atoms with Gasteiger partial charge in [-0.25, -0.2) is 9.36 Å². The van der Waals surface area contributed by atoms with Crippen molar-refractivity contribution in [2.75, 3.05) is 26.3 Å². The monoisotopic (exact) mass is 358 g/mol. The van der Waals surface area contributed by atoms with Gasteiger partial charge in [-0.2, -0.15) is 5.10 Å². The number of nitrogens with zero attached hydrogens (tertiary/aromatic N) is 3. The van der Waals surface area contributed by atoms with Crippen LogP contribution in [0.1, 0.15) is 30.9 Å². The minimum atomic E-state index is -0.701. The van der Waals surface area contributed by atoms with Crippen LogP contribution in [0.3, 0.4) is 0 Å². The Morgan fingerprint density at radius 2 is 1.85 bits per heavy atom. The van der Waals surface area contributed by atoms with E-state index in [0.29, 0.717) is 37.9 Å². The van der Waals surface area contributed by atoms with Crippen molar-refractivity contribution in [1.29, 1.82) is 0 Å². The summed E-state index contributed by atoms with van der Waals surface area (Å²) in [7, 11) is 0. The summed E-state index contributed by atoms with van der Waals surface area (Å²) in [5, 5.41) is 16.5. The number of aromatic nitrogens is 2. The van der Waals surface area contributed by atoms with E-state index >= 15 is 0 Å². The molecule has 0 unspecified atom stereocenters. The lowest BCUT2D eigenvalue weighted by Crippen LogP contribution is -2.34. The molecule has 0 spiro atoms. The van der Waals surface area contributed by atoms with Crippen LogP contribution in [0.4, 0.5) is 0 Å². The number of rotatable bonds is 4. The van der Waals surface area contributed by atoms with Gasteiger partial charge in [0.05, 0.1) is 38.2 Å². The number of benzene rings is 1. The van der Waals surface area contributed by atoms with Gasteiger partial charge in [0.15, 0.2) is 0 Å². The maximum absolute atomic E-state index is 12.2. The van der Waals surface area contributed by atoms with Crippen LogP contribution in [0.25, 0.3) is 5.69 Å². The topological polar surface area (TPSA) is 99.9 Å². The summed E-state index contributed by atoms with van der Waals surface area (Å²) in [6.45, 7) is 6.46. The van der Waals surface area contributed by atoms with Gasteiger partial charge in [0.2, 0.25) is 5.88 Å². The summed E-state index contributed by atoms with van der Waals surface area (Å²) < 4.78 is 6.30. The minimum absolute atomic E-state index is 0.0657. The average molecular weight is 358 g/mol. The number of hydrazone groups is 1. The summed E-state index contributed by atoms with van der Waals surface area (Å²) in [6, 6.07) is 7.24. The number of aromatic hydroxyl groups is 1. The van der Waals surface area contributed by atoms with Crippen molar-refractivity contribution in [3.8, 4) is 11.6 Å². The molecule has 1 aliphatic heterocycles. The highest BCUT2D eigenvalue weighted by Gasteiger charge is 2.15. The van der Waals surface area contributed by atoms with Gasteiger partial charge >= 0.3 is 5.69 Å². The summed E-state index contributed by atoms with van der Waals surface area (Å²) in [5.41, 5.74) is 0.130. The number of H-pyrrole nitrogens is 1. The Hall–Kier alpha value is -2.87. The SMILES string of the molecule is CC(C)c1ccc(-n2c(O)c(C=NN3CCOCC3)c(=O)[nH]c2=O)cc1. The van der Waals surface area contributed by atoms with Crippen molar-refractivity contribution in [3.63, 3.8) is 0 Å². The summed E-state index contributed by atoms with van der Waals surface area (Å²) in [4.78, 5) is 26.5. The summed E-state index contributed by atoms with van der Waals surface area (Å²) in [6.07, 6.45) is 1.28. The van der Waals surface area contributed by atoms with Crippen molar-refractivity contribution in [3.05, 3.63) is 56.2 Å². The second-order valence-electron chi connectivity index (χ2n) is 6.39. The Bertz CT molecular complexity index is 906. The molecule has 0 saturated carbocycles. The number of morpholine rings is 1. The molecule has 2 aromatic rings. The molecule has 1 saturated heterocycles. The maximum Gasteiger partial charge on any atom is 0.335 e. The number of hydrogen-bond acceptors (Lipinski definition) is 6. The van der Waals surface area contributed by atoms with E-state index in [1.807, 2.05) is 12.1 Å². The standard InChI is InChI=1S/C18H22N4O4/c1-12(2)13-3-5-14(6-4-13)22-17(24)15(16(23)20-18(22)25)11-19-21-7-9-26-10-8-21/h3-6,11-12,24H,7-10H2,1-2H3,(H,20,23,25). The first-order chi connectivity index (χ1) is 12.5. The van der Waals surface area contributed by atoms with Gasteiger partial charge in [0.25, 0.3) is 5.56 Å². The molecule has 8 nitrogen and oxygen atoms in total. The Labute approximate surface area is 150 Å². The zero-order valence-electron chi connectivity index (χ0n) is 14.8. The first-order valence-corrected chi connectivity index (χ1v) is 8.52. The van der Waals surface area contributed by atoms with Gasteiger partial charge in [0.1, 0.15) is 5.56 Å². The quantitative estimate of drug-likeness (QED) is 0.795. The van der Waals surface area contributed by atoms with Crippen molar-refractivity contribution >= 4 is 6.21 Å². The highest BCUT2D eigenvalue weighted by Crippen LogP contribution is 2.19. The van der Waals surface area contributed by atoms with Crippen molar-refractivity contribution in [1.82, 2.24) is 14.6 Å². The Balaban J connectivity index is 1.99. The molecular formula is C18H22N4O4. The van der Waals surface area contributed by atoms with E-state index in [-0.39, 0.29) is 5.56 Å². The van der Waals surface area contributed by atoms with E-state index in [2.05, 4.69) is 23.9 Å². The van der Waals surface area contributed by atoms with Crippen LogP contribution in [0.2, 0.25) is 0 Å². The van der Waals surface area contributed by atoms with Crippen LogP contribution in [-0.4, -0.2) is 52.2 Å². The predicted octanol–water partition coefficient (Wildman–Crippen LogP) is 1.02. The van der Waals surface area contributed by atoms with Crippen LogP contribution < -0.4 is 11.2 Å². The van der Waals surface area contributed by atoms with E-state index in [1.54, 1.807) is 17.1 Å². The first kappa shape index (κ1) is 17.9. The van der Waals surface area contributed by atoms with Crippen molar-refractivity contribution in [2.45, 2.75) is 19.8 Å². The highest BCUT2D eigenvalue weighted by atomic mass is 16.5. The molecule has 2 heterocycles. The second kappa shape index (κ2) is 7.57. The van der Waals surface area contributed by atoms with Crippen LogP contribution in [0.15, 0.2) is 39.0 Å². The molecule has 3 rings (SSSR count). The van der Waals surface area contributed by atoms with Crippen LogP contribution >= 0.6 is 0 Å².